The van der Waals surface area contributed by atoms with Crippen molar-refractivity contribution >= 4 is 17.6 Å². The minimum absolute atomic E-state index is 0.173. The van der Waals surface area contributed by atoms with E-state index in [-0.39, 0.29) is 11.7 Å². The van der Waals surface area contributed by atoms with Crippen LogP contribution in [-0.4, -0.2) is 19.1 Å². The molecule has 0 aliphatic rings. The van der Waals surface area contributed by atoms with E-state index in [4.69, 9.17) is 4.74 Å². The molecule has 3 nitrogen and oxygen atoms in total. The van der Waals surface area contributed by atoms with E-state index in [1.165, 1.54) is 12.1 Å². The van der Waals surface area contributed by atoms with E-state index in [2.05, 4.69) is 5.32 Å². The summed E-state index contributed by atoms with van der Waals surface area (Å²) in [7, 11) is 0. The molecule has 0 spiro atoms. The maximum absolute atomic E-state index is 12.9. The van der Waals surface area contributed by atoms with Crippen molar-refractivity contribution in [2.45, 2.75) is 0 Å². The van der Waals surface area contributed by atoms with Gasteiger partial charge < -0.3 is 10.1 Å². The van der Waals surface area contributed by atoms with Crippen LogP contribution in [-0.2, 0) is 4.79 Å². The summed E-state index contributed by atoms with van der Waals surface area (Å²) in [6, 6.07) is 25.0. The monoisotopic (exact) mass is 361 g/mol. The highest BCUT2D eigenvalue weighted by Gasteiger charge is 2.11. The average molecular weight is 361 g/mol. The van der Waals surface area contributed by atoms with Crippen molar-refractivity contribution < 1.29 is 13.9 Å². The van der Waals surface area contributed by atoms with Crippen LogP contribution in [0.15, 0.2) is 84.9 Å². The molecule has 0 bridgehead atoms. The SMILES string of the molecule is O=C(NCCOc1ccc(F)cc1)/C(=C/c1ccccc1)c1ccccc1. The van der Waals surface area contributed by atoms with Crippen LogP contribution in [0, 0.1) is 5.82 Å². The molecule has 0 unspecified atom stereocenters. The number of ether oxygens (including phenoxy) is 1. The van der Waals surface area contributed by atoms with Crippen molar-refractivity contribution in [2.24, 2.45) is 0 Å². The van der Waals surface area contributed by atoms with Crippen LogP contribution < -0.4 is 10.1 Å². The number of hydrogen-bond donors (Lipinski definition) is 1. The Balaban J connectivity index is 1.64. The van der Waals surface area contributed by atoms with Crippen molar-refractivity contribution in [2.75, 3.05) is 13.2 Å². The van der Waals surface area contributed by atoms with Crippen LogP contribution >= 0.6 is 0 Å². The molecule has 0 heterocycles. The second kappa shape index (κ2) is 9.34. The fourth-order valence-electron chi connectivity index (χ4n) is 2.57. The number of hydrogen-bond acceptors (Lipinski definition) is 2. The fourth-order valence-corrected chi connectivity index (χ4v) is 2.57. The van der Waals surface area contributed by atoms with Gasteiger partial charge >= 0.3 is 0 Å². The Morgan fingerprint density at radius 1 is 0.889 bits per heavy atom. The molecular formula is C23H20FNO2. The second-order valence-corrected chi connectivity index (χ2v) is 5.89. The summed E-state index contributed by atoms with van der Waals surface area (Å²) >= 11 is 0. The Hall–Kier alpha value is -3.40. The van der Waals surface area contributed by atoms with Crippen LogP contribution in [0.1, 0.15) is 11.1 Å². The second-order valence-electron chi connectivity index (χ2n) is 5.89. The molecule has 1 amide bonds. The minimum atomic E-state index is -0.311. The van der Waals surface area contributed by atoms with Crippen LogP contribution in [0.4, 0.5) is 4.39 Å². The first-order valence-corrected chi connectivity index (χ1v) is 8.71. The van der Waals surface area contributed by atoms with Gasteiger partial charge in [-0.15, -0.1) is 0 Å². The zero-order valence-corrected chi connectivity index (χ0v) is 14.8. The number of benzene rings is 3. The first-order chi connectivity index (χ1) is 13.2. The van der Waals surface area contributed by atoms with Gasteiger partial charge in [0.05, 0.1) is 6.54 Å². The molecule has 3 rings (SSSR count). The van der Waals surface area contributed by atoms with Crippen molar-refractivity contribution in [3.63, 3.8) is 0 Å². The highest BCUT2D eigenvalue weighted by Crippen LogP contribution is 2.18. The molecule has 0 aliphatic heterocycles. The van der Waals surface area contributed by atoms with Crippen molar-refractivity contribution in [3.05, 3.63) is 102 Å². The van der Waals surface area contributed by atoms with Gasteiger partial charge in [0.25, 0.3) is 5.91 Å². The van der Waals surface area contributed by atoms with Crippen molar-refractivity contribution in [1.29, 1.82) is 0 Å². The molecule has 3 aromatic rings. The summed E-state index contributed by atoms with van der Waals surface area (Å²) in [5, 5.41) is 2.88. The zero-order valence-electron chi connectivity index (χ0n) is 14.8. The number of amides is 1. The van der Waals surface area contributed by atoms with Gasteiger partial charge in [0, 0.05) is 5.57 Å². The molecule has 0 fully saturated rings. The molecule has 1 N–H and O–H groups in total. The average Bonchev–Trinajstić information content (AvgIpc) is 2.72. The maximum atomic E-state index is 12.9. The van der Waals surface area contributed by atoms with E-state index in [1.54, 1.807) is 12.1 Å². The third kappa shape index (κ3) is 5.54. The zero-order chi connectivity index (χ0) is 18.9. The predicted octanol–water partition coefficient (Wildman–Crippen LogP) is 4.56. The van der Waals surface area contributed by atoms with Gasteiger partial charge in [0.15, 0.2) is 0 Å². The number of nitrogens with one attached hydrogen (secondary N) is 1. The molecule has 3 aromatic carbocycles. The lowest BCUT2D eigenvalue weighted by atomic mass is 10.0. The number of carbonyl (C=O) groups excluding carboxylic acids is 1. The van der Waals surface area contributed by atoms with Gasteiger partial charge in [-0.05, 0) is 41.5 Å². The highest BCUT2D eigenvalue weighted by atomic mass is 19.1. The molecule has 27 heavy (non-hydrogen) atoms. The first kappa shape index (κ1) is 18.4. The topological polar surface area (TPSA) is 38.3 Å². The van der Waals surface area contributed by atoms with Gasteiger partial charge in [-0.2, -0.15) is 0 Å². The summed E-state index contributed by atoms with van der Waals surface area (Å²) in [6.45, 7) is 0.639. The Bertz CT molecular complexity index is 891. The van der Waals surface area contributed by atoms with Crippen LogP contribution in [0.25, 0.3) is 11.6 Å². The third-order valence-corrected chi connectivity index (χ3v) is 3.91. The molecule has 0 saturated carbocycles. The van der Waals surface area contributed by atoms with Crippen LogP contribution in [0.2, 0.25) is 0 Å². The number of rotatable bonds is 7. The third-order valence-electron chi connectivity index (χ3n) is 3.91. The van der Waals surface area contributed by atoms with E-state index < -0.39 is 0 Å². The Kier molecular flexibility index (Phi) is 6.36. The van der Waals surface area contributed by atoms with E-state index in [0.717, 1.165) is 11.1 Å². The summed E-state index contributed by atoms with van der Waals surface area (Å²) in [5.41, 5.74) is 2.39. The number of halogens is 1. The van der Waals surface area contributed by atoms with E-state index >= 15 is 0 Å². The predicted molar refractivity (Wildman–Crippen MR) is 106 cm³/mol. The normalized spacial score (nSPS) is 11.1. The molecule has 0 saturated heterocycles. The molecular weight excluding hydrogens is 341 g/mol. The van der Waals surface area contributed by atoms with Crippen molar-refractivity contribution in [1.82, 2.24) is 5.32 Å². The number of carbonyl (C=O) groups is 1. The van der Waals surface area contributed by atoms with E-state index in [0.29, 0.717) is 24.5 Å². The fraction of sp³-hybridized carbons (Fsp3) is 0.0870. The molecule has 0 radical (unpaired) electrons. The lowest BCUT2D eigenvalue weighted by Crippen LogP contribution is -2.28. The van der Waals surface area contributed by atoms with E-state index in [9.17, 15) is 9.18 Å². The molecule has 0 aromatic heterocycles. The molecule has 136 valence electrons. The molecule has 0 aliphatic carbocycles. The minimum Gasteiger partial charge on any atom is -0.492 e. The van der Waals surface area contributed by atoms with Gasteiger partial charge in [-0.25, -0.2) is 4.39 Å². The lowest BCUT2D eigenvalue weighted by molar-refractivity contribution is -0.115. The smallest absolute Gasteiger partial charge is 0.252 e. The standard InChI is InChI=1S/C23H20FNO2/c24-20-11-13-21(14-12-20)27-16-15-25-23(26)22(19-9-5-2-6-10-19)17-18-7-3-1-4-8-18/h1-14,17H,15-16H2,(H,25,26)/b22-17+. The largest absolute Gasteiger partial charge is 0.492 e. The lowest BCUT2D eigenvalue weighted by Gasteiger charge is -2.11. The van der Waals surface area contributed by atoms with Crippen LogP contribution in [0.3, 0.4) is 0 Å². The highest BCUT2D eigenvalue weighted by molar-refractivity contribution is 6.24. The van der Waals surface area contributed by atoms with Gasteiger partial charge in [0.2, 0.25) is 0 Å². The molecule has 0 atom stereocenters. The summed E-state index contributed by atoms with van der Waals surface area (Å²) in [5.74, 6) is 0.0794. The Morgan fingerprint density at radius 2 is 1.52 bits per heavy atom. The quantitative estimate of drug-likeness (QED) is 0.381. The van der Waals surface area contributed by atoms with Gasteiger partial charge in [-0.3, -0.25) is 4.79 Å². The van der Waals surface area contributed by atoms with Gasteiger partial charge in [0.1, 0.15) is 18.2 Å². The van der Waals surface area contributed by atoms with E-state index in [1.807, 2.05) is 66.7 Å². The Labute approximate surface area is 158 Å². The summed E-state index contributed by atoms with van der Waals surface area (Å²) < 4.78 is 18.4. The summed E-state index contributed by atoms with van der Waals surface area (Å²) in [6.07, 6.45) is 1.87. The first-order valence-electron chi connectivity index (χ1n) is 8.71. The Morgan fingerprint density at radius 3 is 2.19 bits per heavy atom. The van der Waals surface area contributed by atoms with Gasteiger partial charge in [-0.1, -0.05) is 60.7 Å². The van der Waals surface area contributed by atoms with Crippen molar-refractivity contribution in [3.8, 4) is 5.75 Å². The maximum Gasteiger partial charge on any atom is 0.252 e. The summed E-state index contributed by atoms with van der Waals surface area (Å²) in [4.78, 5) is 12.7. The molecule has 4 heteroatoms. The van der Waals surface area contributed by atoms with Crippen LogP contribution in [0.5, 0.6) is 5.75 Å².